The van der Waals surface area contributed by atoms with E-state index >= 15 is 0 Å². The number of aromatic nitrogens is 1. The van der Waals surface area contributed by atoms with Crippen LogP contribution in [-0.4, -0.2) is 38.9 Å². The maximum Gasteiger partial charge on any atom is 0.303 e. The Morgan fingerprint density at radius 2 is 1.64 bits per heavy atom. The number of aliphatic carboxylic acids is 1. The summed E-state index contributed by atoms with van der Waals surface area (Å²) < 4.78 is 13.3. The number of pyridine rings is 1. The number of rotatable bonds is 13. The van der Waals surface area contributed by atoms with Gasteiger partial charge in [0.2, 0.25) is 5.91 Å². The van der Waals surface area contributed by atoms with E-state index in [4.69, 9.17) is 14.6 Å². The van der Waals surface area contributed by atoms with E-state index in [1.807, 2.05) is 84.9 Å². The van der Waals surface area contributed by atoms with Gasteiger partial charge in [-0.2, -0.15) is 0 Å². The molecule has 0 radical (unpaired) electrons. The van der Waals surface area contributed by atoms with Crippen LogP contribution in [0.15, 0.2) is 102 Å². The van der Waals surface area contributed by atoms with Crippen LogP contribution in [0.5, 0.6) is 0 Å². The molecule has 45 heavy (non-hydrogen) atoms. The Morgan fingerprint density at radius 3 is 2.38 bits per heavy atom. The molecule has 0 unspecified atom stereocenters. The van der Waals surface area contributed by atoms with Gasteiger partial charge in [-0.3, -0.25) is 9.59 Å². The Morgan fingerprint density at radius 1 is 0.867 bits per heavy atom. The SMILES string of the molecule is C[C@H]1[C@@H](CSc2ccccn2)O[C@@H](c2cccc(-c3cccc(CNC(=O)CCCC(=O)O)c3)c2)O[C@H]1c1ccc(CO)cc1. The van der Waals surface area contributed by atoms with Crippen LogP contribution in [0.2, 0.25) is 0 Å². The first kappa shape index (κ1) is 32.4. The molecule has 9 heteroatoms. The molecule has 0 saturated carbocycles. The number of carbonyl (C=O) groups is 2. The van der Waals surface area contributed by atoms with Crippen molar-refractivity contribution in [2.24, 2.45) is 5.92 Å². The monoisotopic (exact) mass is 626 g/mol. The molecule has 1 aliphatic heterocycles. The Hall–Kier alpha value is -4.02. The fourth-order valence-corrected chi connectivity index (χ4v) is 6.35. The number of carbonyl (C=O) groups excluding carboxylic acids is 1. The van der Waals surface area contributed by atoms with Crippen molar-refractivity contribution in [3.05, 3.63) is 119 Å². The molecule has 5 rings (SSSR count). The van der Waals surface area contributed by atoms with Gasteiger partial charge in [0, 0.05) is 42.8 Å². The molecular weight excluding hydrogens is 588 g/mol. The van der Waals surface area contributed by atoms with E-state index in [-0.39, 0.29) is 43.5 Å². The van der Waals surface area contributed by atoms with E-state index in [0.717, 1.165) is 38.4 Å². The van der Waals surface area contributed by atoms with Gasteiger partial charge >= 0.3 is 5.97 Å². The minimum absolute atomic E-state index is 0.0103. The highest BCUT2D eigenvalue weighted by Crippen LogP contribution is 2.43. The lowest BCUT2D eigenvalue weighted by Gasteiger charge is -2.41. The molecule has 0 aliphatic carbocycles. The summed E-state index contributed by atoms with van der Waals surface area (Å²) in [5.74, 6) is -0.285. The van der Waals surface area contributed by atoms with Crippen molar-refractivity contribution >= 4 is 23.6 Å². The maximum atomic E-state index is 12.2. The highest BCUT2D eigenvalue weighted by atomic mass is 32.2. The average molecular weight is 627 g/mol. The van der Waals surface area contributed by atoms with Gasteiger partial charge in [-0.05, 0) is 58.5 Å². The first-order chi connectivity index (χ1) is 21.9. The Balaban J connectivity index is 1.33. The Labute approximate surface area is 267 Å². The third-order valence-electron chi connectivity index (χ3n) is 7.86. The zero-order valence-corrected chi connectivity index (χ0v) is 26.0. The molecule has 1 fully saturated rings. The van der Waals surface area contributed by atoms with E-state index in [1.54, 1.807) is 18.0 Å². The summed E-state index contributed by atoms with van der Waals surface area (Å²) in [5.41, 5.74) is 5.73. The molecule has 4 aromatic rings. The second-order valence-corrected chi connectivity index (χ2v) is 12.2. The van der Waals surface area contributed by atoms with Crippen LogP contribution in [-0.2, 0) is 32.2 Å². The zero-order valence-electron chi connectivity index (χ0n) is 25.2. The molecule has 2 heterocycles. The van der Waals surface area contributed by atoms with Crippen molar-refractivity contribution in [3.8, 4) is 11.1 Å². The summed E-state index contributed by atoms with van der Waals surface area (Å²) in [6.07, 6.45) is 1.36. The number of carboxylic acids is 1. The van der Waals surface area contributed by atoms with Crippen molar-refractivity contribution in [1.29, 1.82) is 0 Å². The first-order valence-electron chi connectivity index (χ1n) is 15.1. The van der Waals surface area contributed by atoms with Crippen molar-refractivity contribution in [1.82, 2.24) is 10.3 Å². The van der Waals surface area contributed by atoms with Crippen LogP contribution in [0.4, 0.5) is 0 Å². The molecule has 1 amide bonds. The lowest BCUT2D eigenvalue weighted by molar-refractivity contribution is -0.268. The standard InChI is InChI=1S/C36H38N2O6S/c1-24-31(23-45-33-12-2-3-18-37-33)43-36(44-35(24)27-16-14-25(22-39)15-17-27)30-10-5-9-29(20-30)28-8-4-7-26(19-28)21-38-32(40)11-6-13-34(41)42/h2-5,7-10,12,14-20,24,31,35-36,39H,6,11,13,21-23H2,1H3,(H,38,40)(H,41,42)/t24-,31+,35+,36+/m0/s1. The number of nitrogens with one attached hydrogen (secondary N) is 1. The molecule has 0 spiro atoms. The molecule has 1 aromatic heterocycles. The number of amides is 1. The summed E-state index contributed by atoms with van der Waals surface area (Å²) in [6, 6.07) is 29.9. The van der Waals surface area contributed by atoms with Crippen LogP contribution in [0.25, 0.3) is 11.1 Å². The van der Waals surface area contributed by atoms with Gasteiger partial charge in [-0.15, -0.1) is 11.8 Å². The summed E-state index contributed by atoms with van der Waals surface area (Å²) in [4.78, 5) is 27.3. The Kier molecular flexibility index (Phi) is 11.4. The minimum Gasteiger partial charge on any atom is -0.481 e. The van der Waals surface area contributed by atoms with Crippen LogP contribution >= 0.6 is 11.8 Å². The number of carboxylic acid groups (broad SMARTS) is 1. The van der Waals surface area contributed by atoms with Crippen LogP contribution in [0, 0.1) is 5.92 Å². The van der Waals surface area contributed by atoms with Crippen LogP contribution in [0.1, 0.15) is 60.8 Å². The summed E-state index contributed by atoms with van der Waals surface area (Å²) >= 11 is 1.66. The van der Waals surface area contributed by atoms with Gasteiger partial charge in [-0.1, -0.05) is 73.7 Å². The molecule has 4 atom stereocenters. The Bertz CT molecular complexity index is 1570. The van der Waals surface area contributed by atoms with E-state index < -0.39 is 12.3 Å². The molecule has 3 aromatic carbocycles. The number of benzene rings is 3. The number of ether oxygens (including phenoxy) is 2. The van der Waals surface area contributed by atoms with Crippen LogP contribution < -0.4 is 5.32 Å². The molecule has 3 N–H and O–H groups in total. The van der Waals surface area contributed by atoms with Crippen molar-refractivity contribution in [3.63, 3.8) is 0 Å². The quantitative estimate of drug-likeness (QED) is 0.141. The third kappa shape index (κ3) is 9.02. The summed E-state index contributed by atoms with van der Waals surface area (Å²) in [6.45, 7) is 2.50. The van der Waals surface area contributed by atoms with Gasteiger partial charge in [0.15, 0.2) is 6.29 Å². The third-order valence-corrected chi connectivity index (χ3v) is 8.89. The van der Waals surface area contributed by atoms with Gasteiger partial charge in [-0.25, -0.2) is 4.98 Å². The first-order valence-corrected chi connectivity index (χ1v) is 16.1. The summed E-state index contributed by atoms with van der Waals surface area (Å²) in [5, 5.41) is 22.2. The van der Waals surface area contributed by atoms with Crippen molar-refractivity contribution in [2.45, 2.75) is 62.9 Å². The number of hydrogen-bond donors (Lipinski definition) is 3. The van der Waals surface area contributed by atoms with Gasteiger partial charge < -0.3 is 25.0 Å². The number of aliphatic hydroxyl groups excluding tert-OH is 1. The summed E-state index contributed by atoms with van der Waals surface area (Å²) in [7, 11) is 0. The van der Waals surface area contributed by atoms with Crippen molar-refractivity contribution < 1.29 is 29.3 Å². The number of thioether (sulfide) groups is 1. The highest BCUT2D eigenvalue weighted by molar-refractivity contribution is 7.99. The fraction of sp³-hybridized carbons (Fsp3) is 0.306. The van der Waals surface area contributed by atoms with Crippen molar-refractivity contribution in [2.75, 3.05) is 5.75 Å². The lowest BCUT2D eigenvalue weighted by Crippen LogP contribution is -2.38. The predicted molar refractivity (Wildman–Crippen MR) is 173 cm³/mol. The van der Waals surface area contributed by atoms with E-state index in [9.17, 15) is 14.7 Å². The zero-order chi connectivity index (χ0) is 31.6. The lowest BCUT2D eigenvalue weighted by atomic mass is 9.91. The largest absolute Gasteiger partial charge is 0.481 e. The topological polar surface area (TPSA) is 118 Å². The van der Waals surface area contributed by atoms with Crippen LogP contribution in [0.3, 0.4) is 0 Å². The van der Waals surface area contributed by atoms with Gasteiger partial charge in [0.1, 0.15) is 0 Å². The second kappa shape index (κ2) is 15.8. The number of aliphatic hydroxyl groups is 1. The molecule has 8 nitrogen and oxygen atoms in total. The molecule has 1 aliphatic rings. The predicted octanol–water partition coefficient (Wildman–Crippen LogP) is 6.70. The average Bonchev–Trinajstić information content (AvgIpc) is 3.07. The molecular formula is C36H38N2O6S. The number of nitrogens with zero attached hydrogens (tertiary/aromatic N) is 1. The molecule has 0 bridgehead atoms. The van der Waals surface area contributed by atoms with Gasteiger partial charge in [0.25, 0.3) is 0 Å². The maximum absolute atomic E-state index is 12.2. The molecule has 1 saturated heterocycles. The smallest absolute Gasteiger partial charge is 0.303 e. The number of hydrogen-bond acceptors (Lipinski definition) is 7. The highest BCUT2D eigenvalue weighted by Gasteiger charge is 2.38. The second-order valence-electron chi connectivity index (χ2n) is 11.2. The normalized spacial score (nSPS) is 19.6. The van der Waals surface area contributed by atoms with E-state index in [1.165, 1.54) is 0 Å². The van der Waals surface area contributed by atoms with E-state index in [0.29, 0.717) is 18.7 Å². The molecule has 234 valence electrons. The van der Waals surface area contributed by atoms with Gasteiger partial charge in [0.05, 0.1) is 23.8 Å². The van der Waals surface area contributed by atoms with E-state index in [2.05, 4.69) is 23.3 Å². The fourth-order valence-electron chi connectivity index (χ4n) is 5.32. The minimum atomic E-state index is -0.901.